The smallest absolute Gasteiger partial charge is 0.307 e. The summed E-state index contributed by atoms with van der Waals surface area (Å²) in [5.74, 6) is -2.12. The molecule has 1 aliphatic heterocycles. The van der Waals surface area contributed by atoms with E-state index in [0.29, 0.717) is 17.1 Å². The monoisotopic (exact) mass is 318 g/mol. The van der Waals surface area contributed by atoms with Crippen molar-refractivity contribution in [3.63, 3.8) is 0 Å². The van der Waals surface area contributed by atoms with E-state index in [2.05, 4.69) is 5.32 Å². The van der Waals surface area contributed by atoms with Crippen LogP contribution in [0.1, 0.15) is 13.8 Å². The molecule has 0 spiro atoms. The van der Waals surface area contributed by atoms with Gasteiger partial charge in [0.15, 0.2) is 6.61 Å². The van der Waals surface area contributed by atoms with Crippen molar-refractivity contribution < 1.29 is 24.2 Å². The second kappa shape index (κ2) is 4.97. The summed E-state index contributed by atoms with van der Waals surface area (Å²) < 4.78 is 5.33. The third kappa shape index (κ3) is 2.42. The Bertz CT molecular complexity index is 712. The van der Waals surface area contributed by atoms with Crippen LogP contribution in [0.15, 0.2) is 18.2 Å². The van der Waals surface area contributed by atoms with Crippen molar-refractivity contribution in [1.29, 1.82) is 0 Å². The fourth-order valence-corrected chi connectivity index (χ4v) is 3.16. The average Bonchev–Trinajstić information content (AvgIpc) is 3.06. The van der Waals surface area contributed by atoms with Crippen molar-refractivity contribution in [2.45, 2.75) is 13.8 Å². The molecular weight excluding hydrogens is 300 g/mol. The van der Waals surface area contributed by atoms with Crippen LogP contribution < -0.4 is 15.0 Å². The number of nitrogens with zero attached hydrogens (tertiary/aromatic N) is 1. The van der Waals surface area contributed by atoms with E-state index in [-0.39, 0.29) is 18.4 Å². The lowest BCUT2D eigenvalue weighted by Crippen LogP contribution is -2.35. The molecule has 0 aromatic heterocycles. The summed E-state index contributed by atoms with van der Waals surface area (Å²) in [5, 5.41) is 11.9. The fourth-order valence-electron chi connectivity index (χ4n) is 3.16. The lowest BCUT2D eigenvalue weighted by molar-refractivity contribution is -0.140. The quantitative estimate of drug-likeness (QED) is 0.876. The molecule has 0 radical (unpaired) electrons. The van der Waals surface area contributed by atoms with Crippen LogP contribution >= 0.6 is 0 Å². The highest BCUT2D eigenvalue weighted by Gasteiger charge is 2.65. The van der Waals surface area contributed by atoms with Crippen LogP contribution in [0, 0.1) is 17.3 Å². The highest BCUT2D eigenvalue weighted by atomic mass is 16.5. The molecule has 1 aliphatic carbocycles. The summed E-state index contributed by atoms with van der Waals surface area (Å²) in [6.07, 6.45) is 0. The molecule has 0 saturated heterocycles. The maximum absolute atomic E-state index is 12.3. The van der Waals surface area contributed by atoms with E-state index in [1.165, 1.54) is 4.90 Å². The molecule has 2 unspecified atom stereocenters. The van der Waals surface area contributed by atoms with Gasteiger partial charge >= 0.3 is 5.97 Å². The summed E-state index contributed by atoms with van der Waals surface area (Å²) >= 11 is 0. The summed E-state index contributed by atoms with van der Waals surface area (Å²) in [6, 6.07) is 5.00. The number of benzene rings is 1. The van der Waals surface area contributed by atoms with E-state index in [1.54, 1.807) is 39.1 Å². The number of carboxylic acid groups (broad SMARTS) is 1. The van der Waals surface area contributed by atoms with Crippen molar-refractivity contribution in [3.8, 4) is 5.75 Å². The van der Waals surface area contributed by atoms with Gasteiger partial charge in [-0.15, -0.1) is 0 Å². The minimum absolute atomic E-state index is 0.00817. The number of aliphatic carboxylic acids is 1. The molecule has 7 nitrogen and oxygen atoms in total. The van der Waals surface area contributed by atoms with Crippen molar-refractivity contribution in [2.24, 2.45) is 17.3 Å². The molecule has 3 rings (SSSR count). The summed E-state index contributed by atoms with van der Waals surface area (Å²) in [5.41, 5.74) is 0.523. The van der Waals surface area contributed by atoms with Crippen molar-refractivity contribution in [3.05, 3.63) is 18.2 Å². The van der Waals surface area contributed by atoms with Crippen molar-refractivity contribution in [1.82, 2.24) is 0 Å². The molecule has 2 N–H and O–H groups in total. The highest BCUT2D eigenvalue weighted by Crippen LogP contribution is 2.58. The Labute approximate surface area is 133 Å². The Hall–Kier alpha value is -2.57. The number of carboxylic acids is 1. The second-order valence-corrected chi connectivity index (χ2v) is 6.53. The maximum Gasteiger partial charge on any atom is 0.307 e. The molecule has 23 heavy (non-hydrogen) atoms. The number of hydrogen-bond acceptors (Lipinski definition) is 4. The van der Waals surface area contributed by atoms with Crippen LogP contribution in [-0.2, 0) is 14.4 Å². The first-order chi connectivity index (χ1) is 10.7. The normalized spacial score (nSPS) is 24.5. The average molecular weight is 318 g/mol. The number of ether oxygens (including phenoxy) is 1. The predicted octanol–water partition coefficient (Wildman–Crippen LogP) is 1.34. The number of nitrogens with one attached hydrogen (secondary N) is 1. The Morgan fingerprint density at radius 3 is 2.65 bits per heavy atom. The van der Waals surface area contributed by atoms with E-state index in [9.17, 15) is 14.4 Å². The third-order valence-electron chi connectivity index (χ3n) is 4.69. The Morgan fingerprint density at radius 2 is 2.04 bits per heavy atom. The molecule has 2 aliphatic rings. The van der Waals surface area contributed by atoms with Crippen LogP contribution in [0.5, 0.6) is 5.75 Å². The molecule has 1 fully saturated rings. The zero-order valence-corrected chi connectivity index (χ0v) is 13.1. The van der Waals surface area contributed by atoms with Gasteiger partial charge in [-0.25, -0.2) is 0 Å². The SMILES string of the molecule is CN1C(=O)COc2ccc(NC(=O)C3C(C(=O)O)C3(C)C)cc21. The number of carbonyl (C=O) groups excluding carboxylic acids is 2. The van der Waals surface area contributed by atoms with E-state index < -0.39 is 23.2 Å². The van der Waals surface area contributed by atoms with Gasteiger partial charge in [0.1, 0.15) is 5.75 Å². The number of rotatable bonds is 3. The topological polar surface area (TPSA) is 95.9 Å². The third-order valence-corrected chi connectivity index (χ3v) is 4.69. The van der Waals surface area contributed by atoms with E-state index in [0.717, 1.165) is 0 Å². The summed E-state index contributed by atoms with van der Waals surface area (Å²) in [7, 11) is 1.64. The first kappa shape index (κ1) is 15.3. The van der Waals surface area contributed by atoms with Gasteiger partial charge in [-0.3, -0.25) is 14.4 Å². The molecule has 0 bridgehead atoms. The minimum Gasteiger partial charge on any atom is -0.482 e. The van der Waals surface area contributed by atoms with Gasteiger partial charge < -0.3 is 20.1 Å². The van der Waals surface area contributed by atoms with Gasteiger partial charge in [-0.1, -0.05) is 13.8 Å². The molecule has 1 heterocycles. The van der Waals surface area contributed by atoms with Crippen LogP contribution in [0.4, 0.5) is 11.4 Å². The van der Waals surface area contributed by atoms with E-state index >= 15 is 0 Å². The van der Waals surface area contributed by atoms with Gasteiger partial charge in [0, 0.05) is 12.7 Å². The number of fused-ring (bicyclic) bond motifs is 1. The standard InChI is InChI=1S/C16H18N2O5/c1-16(2)12(13(16)15(21)22)14(20)17-8-4-5-10-9(6-8)18(3)11(19)7-23-10/h4-6,12-13H,7H2,1-3H3,(H,17,20)(H,21,22). The number of likely N-dealkylation sites (N-methyl/N-ethyl adjacent to an activating group) is 1. The van der Waals surface area contributed by atoms with E-state index in [4.69, 9.17) is 9.84 Å². The van der Waals surface area contributed by atoms with Crippen LogP contribution in [0.3, 0.4) is 0 Å². The zero-order valence-electron chi connectivity index (χ0n) is 13.1. The molecule has 2 amide bonds. The minimum atomic E-state index is -0.959. The van der Waals surface area contributed by atoms with E-state index in [1.807, 2.05) is 0 Å². The van der Waals surface area contributed by atoms with Gasteiger partial charge in [0.25, 0.3) is 5.91 Å². The first-order valence-electron chi connectivity index (χ1n) is 7.30. The van der Waals surface area contributed by atoms with Crippen molar-refractivity contribution in [2.75, 3.05) is 23.9 Å². The molecule has 1 aromatic carbocycles. The van der Waals surface area contributed by atoms with Crippen molar-refractivity contribution >= 4 is 29.2 Å². The number of anilines is 2. The molecule has 7 heteroatoms. The highest BCUT2D eigenvalue weighted by molar-refractivity contribution is 6.02. The molecular formula is C16H18N2O5. The molecule has 2 atom stereocenters. The van der Waals surface area contributed by atoms with Crippen LogP contribution in [-0.4, -0.2) is 36.5 Å². The largest absolute Gasteiger partial charge is 0.482 e. The Balaban J connectivity index is 1.78. The molecule has 122 valence electrons. The van der Waals surface area contributed by atoms with Gasteiger partial charge in [0.05, 0.1) is 17.5 Å². The zero-order chi connectivity index (χ0) is 16.9. The van der Waals surface area contributed by atoms with Gasteiger partial charge in [-0.2, -0.15) is 0 Å². The summed E-state index contributed by atoms with van der Waals surface area (Å²) in [4.78, 5) is 36.6. The maximum atomic E-state index is 12.3. The second-order valence-electron chi connectivity index (χ2n) is 6.53. The number of hydrogen-bond donors (Lipinski definition) is 2. The lowest BCUT2D eigenvalue weighted by Gasteiger charge is -2.26. The summed E-state index contributed by atoms with van der Waals surface area (Å²) in [6.45, 7) is 3.53. The van der Waals surface area contributed by atoms with Crippen LogP contribution in [0.25, 0.3) is 0 Å². The molecule has 1 saturated carbocycles. The number of carbonyl (C=O) groups is 3. The van der Waals surface area contributed by atoms with Crippen LogP contribution in [0.2, 0.25) is 0 Å². The fraction of sp³-hybridized carbons (Fsp3) is 0.438. The first-order valence-corrected chi connectivity index (χ1v) is 7.30. The van der Waals surface area contributed by atoms with Gasteiger partial charge in [0.2, 0.25) is 5.91 Å². The molecule has 1 aromatic rings. The Kier molecular flexibility index (Phi) is 3.31. The predicted molar refractivity (Wildman–Crippen MR) is 82.4 cm³/mol. The lowest BCUT2D eigenvalue weighted by atomic mass is 10.1. The number of amides is 2. The van der Waals surface area contributed by atoms with Gasteiger partial charge in [-0.05, 0) is 23.6 Å². The Morgan fingerprint density at radius 1 is 1.35 bits per heavy atom.